The van der Waals surface area contributed by atoms with E-state index in [9.17, 15) is 27.6 Å². The number of fused-ring (bicyclic) bond motifs is 2. The third-order valence-electron chi connectivity index (χ3n) is 6.20. The van der Waals surface area contributed by atoms with Crippen LogP contribution in [0.1, 0.15) is 52.1 Å². The van der Waals surface area contributed by atoms with Crippen molar-refractivity contribution in [1.82, 2.24) is 14.7 Å². The fraction of sp³-hybridized carbons (Fsp3) is 0.304. The standard InChI is InChI=1S/C23H20F3N5O3/c24-23(25,26)16-11-31-17(5-2-6-18(31)29-16)27-12-7-9-13(10-8-12)28-21(33)15-4-1-3-14-19(15)30-22(34)20(14)32/h1-6,11-13,27H,7-10H2,(H,28,33)(H,30,32,34)/t12-,13+. The van der Waals surface area contributed by atoms with Crippen molar-refractivity contribution in [2.75, 3.05) is 10.6 Å². The summed E-state index contributed by atoms with van der Waals surface area (Å²) < 4.78 is 40.5. The van der Waals surface area contributed by atoms with Gasteiger partial charge in [0, 0.05) is 18.3 Å². The smallest absolute Gasteiger partial charge is 0.368 e. The number of Topliss-reactive ketones (excluding diaryl/α,β-unsaturated/α-hetero) is 1. The van der Waals surface area contributed by atoms with E-state index in [1.807, 2.05) is 0 Å². The Kier molecular flexibility index (Phi) is 5.26. The summed E-state index contributed by atoms with van der Waals surface area (Å²) in [5, 5.41) is 8.71. The Morgan fingerprint density at radius 1 is 1.03 bits per heavy atom. The maximum absolute atomic E-state index is 13.0. The second kappa shape index (κ2) is 8.15. The van der Waals surface area contributed by atoms with Crippen molar-refractivity contribution in [3.63, 3.8) is 0 Å². The largest absolute Gasteiger partial charge is 0.434 e. The first-order valence-corrected chi connectivity index (χ1v) is 10.8. The van der Waals surface area contributed by atoms with Gasteiger partial charge in [0.1, 0.15) is 11.5 Å². The van der Waals surface area contributed by atoms with Gasteiger partial charge in [-0.3, -0.25) is 18.8 Å². The second-order valence-electron chi connectivity index (χ2n) is 8.44. The lowest BCUT2D eigenvalue weighted by atomic mass is 9.91. The number of nitrogens with one attached hydrogen (secondary N) is 3. The molecule has 0 radical (unpaired) electrons. The highest BCUT2D eigenvalue weighted by Gasteiger charge is 2.35. The number of amides is 2. The van der Waals surface area contributed by atoms with Crippen LogP contribution in [0.25, 0.3) is 5.65 Å². The van der Waals surface area contributed by atoms with E-state index in [0.717, 1.165) is 6.20 Å². The molecule has 1 saturated carbocycles. The van der Waals surface area contributed by atoms with Gasteiger partial charge in [0.15, 0.2) is 5.69 Å². The van der Waals surface area contributed by atoms with Crippen LogP contribution in [0.4, 0.5) is 24.7 Å². The average Bonchev–Trinajstić information content (AvgIpc) is 3.37. The molecule has 8 nitrogen and oxygen atoms in total. The normalized spacial score (nSPS) is 20.2. The van der Waals surface area contributed by atoms with Crippen LogP contribution >= 0.6 is 0 Å². The molecule has 2 amide bonds. The van der Waals surface area contributed by atoms with Crippen LogP contribution in [0.2, 0.25) is 0 Å². The molecule has 1 aromatic carbocycles. The van der Waals surface area contributed by atoms with Gasteiger partial charge in [-0.1, -0.05) is 12.1 Å². The van der Waals surface area contributed by atoms with Crippen molar-refractivity contribution in [3.05, 3.63) is 59.4 Å². The molecule has 0 spiro atoms. The monoisotopic (exact) mass is 471 g/mol. The number of ketones is 1. The maximum atomic E-state index is 13.0. The van der Waals surface area contributed by atoms with Crippen molar-refractivity contribution >= 4 is 34.8 Å². The molecular formula is C23H20F3N5O3. The molecule has 3 heterocycles. The summed E-state index contributed by atoms with van der Waals surface area (Å²) in [5.74, 6) is -1.26. The molecule has 0 atom stereocenters. The summed E-state index contributed by atoms with van der Waals surface area (Å²) >= 11 is 0. The van der Waals surface area contributed by atoms with Crippen molar-refractivity contribution in [2.24, 2.45) is 0 Å². The van der Waals surface area contributed by atoms with Gasteiger partial charge in [-0.05, 0) is 49.9 Å². The average molecular weight is 471 g/mol. The first-order valence-electron chi connectivity index (χ1n) is 10.8. The number of pyridine rings is 1. The van der Waals surface area contributed by atoms with Crippen LogP contribution < -0.4 is 16.0 Å². The molecule has 11 heteroatoms. The van der Waals surface area contributed by atoms with Gasteiger partial charge in [0.2, 0.25) is 0 Å². The molecule has 1 aliphatic carbocycles. The van der Waals surface area contributed by atoms with E-state index >= 15 is 0 Å². The van der Waals surface area contributed by atoms with Crippen LogP contribution in [0.5, 0.6) is 0 Å². The minimum absolute atomic E-state index is 0.0216. The lowest BCUT2D eigenvalue weighted by Crippen LogP contribution is -2.40. The van der Waals surface area contributed by atoms with Crippen molar-refractivity contribution < 1.29 is 27.6 Å². The van der Waals surface area contributed by atoms with E-state index in [1.165, 1.54) is 16.5 Å². The molecule has 2 aliphatic rings. The Bertz CT molecular complexity index is 1310. The molecule has 0 bridgehead atoms. The number of alkyl halides is 3. The van der Waals surface area contributed by atoms with E-state index in [1.54, 1.807) is 24.3 Å². The van der Waals surface area contributed by atoms with Crippen molar-refractivity contribution in [2.45, 2.75) is 43.9 Å². The predicted molar refractivity (Wildman–Crippen MR) is 117 cm³/mol. The summed E-state index contributed by atoms with van der Waals surface area (Å²) in [6.07, 6.45) is -0.816. The Balaban J connectivity index is 1.22. The Morgan fingerprint density at radius 3 is 2.47 bits per heavy atom. The van der Waals surface area contributed by atoms with Gasteiger partial charge in [-0.15, -0.1) is 0 Å². The zero-order valence-corrected chi connectivity index (χ0v) is 17.8. The van der Waals surface area contributed by atoms with Crippen LogP contribution in [0.15, 0.2) is 42.6 Å². The molecule has 176 valence electrons. The van der Waals surface area contributed by atoms with Crippen LogP contribution in [-0.2, 0) is 11.0 Å². The Morgan fingerprint density at radius 2 is 1.74 bits per heavy atom. The predicted octanol–water partition coefficient (Wildman–Crippen LogP) is 3.64. The first kappa shape index (κ1) is 21.9. The number of carbonyl (C=O) groups is 3. The topological polar surface area (TPSA) is 105 Å². The minimum Gasteiger partial charge on any atom is -0.368 e. The second-order valence-corrected chi connectivity index (χ2v) is 8.44. The first-order chi connectivity index (χ1) is 16.2. The zero-order valence-electron chi connectivity index (χ0n) is 17.8. The van der Waals surface area contributed by atoms with E-state index in [-0.39, 0.29) is 40.5 Å². The van der Waals surface area contributed by atoms with Gasteiger partial charge in [0.05, 0.1) is 16.8 Å². The molecule has 0 unspecified atom stereocenters. The third-order valence-corrected chi connectivity index (χ3v) is 6.20. The number of rotatable bonds is 4. The van der Waals surface area contributed by atoms with Gasteiger partial charge in [0.25, 0.3) is 17.6 Å². The molecule has 3 aromatic rings. The number of anilines is 2. The molecular weight excluding hydrogens is 451 g/mol. The Hall–Kier alpha value is -3.89. The number of benzene rings is 1. The quantitative estimate of drug-likeness (QED) is 0.504. The van der Waals surface area contributed by atoms with Gasteiger partial charge >= 0.3 is 6.18 Å². The molecule has 2 aromatic heterocycles. The summed E-state index contributed by atoms with van der Waals surface area (Å²) in [4.78, 5) is 40.0. The highest BCUT2D eigenvalue weighted by atomic mass is 19.4. The third kappa shape index (κ3) is 3.97. The molecule has 1 fully saturated rings. The summed E-state index contributed by atoms with van der Waals surface area (Å²) in [6, 6.07) is 9.41. The number of aromatic nitrogens is 2. The van der Waals surface area contributed by atoms with Crippen molar-refractivity contribution in [3.8, 4) is 0 Å². The Labute approximate surface area is 191 Å². The summed E-state index contributed by atoms with van der Waals surface area (Å²) in [7, 11) is 0. The molecule has 3 N–H and O–H groups in total. The number of carbonyl (C=O) groups excluding carboxylic acids is 3. The number of nitrogens with zero attached hydrogens (tertiary/aromatic N) is 2. The highest BCUT2D eigenvalue weighted by molar-refractivity contribution is 6.52. The lowest BCUT2D eigenvalue weighted by Gasteiger charge is -2.30. The van der Waals surface area contributed by atoms with Crippen LogP contribution in [0, 0.1) is 0 Å². The van der Waals surface area contributed by atoms with Gasteiger partial charge < -0.3 is 16.0 Å². The van der Waals surface area contributed by atoms with Gasteiger partial charge in [-0.25, -0.2) is 4.98 Å². The fourth-order valence-electron chi connectivity index (χ4n) is 4.48. The van der Waals surface area contributed by atoms with E-state index < -0.39 is 23.6 Å². The fourth-order valence-corrected chi connectivity index (χ4v) is 4.48. The summed E-state index contributed by atoms with van der Waals surface area (Å²) in [6.45, 7) is 0. The number of halogens is 3. The zero-order chi connectivity index (χ0) is 24.0. The number of para-hydroxylation sites is 1. The number of imidazole rings is 1. The SMILES string of the molecule is O=C1Nc2c(C(=O)N[C@H]3CC[C@@H](Nc4cccc5nc(C(F)(F)F)cn45)CC3)cccc2C1=O. The molecule has 5 rings (SSSR count). The summed E-state index contributed by atoms with van der Waals surface area (Å²) in [5.41, 5.74) is -0.0770. The molecule has 34 heavy (non-hydrogen) atoms. The van der Waals surface area contributed by atoms with Crippen LogP contribution in [0.3, 0.4) is 0 Å². The maximum Gasteiger partial charge on any atom is 0.434 e. The lowest BCUT2D eigenvalue weighted by molar-refractivity contribution is -0.140. The van der Waals surface area contributed by atoms with Crippen molar-refractivity contribution in [1.29, 1.82) is 0 Å². The molecule has 1 aliphatic heterocycles. The van der Waals surface area contributed by atoms with Crippen LogP contribution in [-0.4, -0.2) is 39.1 Å². The minimum atomic E-state index is -4.52. The highest BCUT2D eigenvalue weighted by Crippen LogP contribution is 2.31. The van der Waals surface area contributed by atoms with E-state index in [4.69, 9.17) is 0 Å². The molecule has 0 saturated heterocycles. The van der Waals surface area contributed by atoms with E-state index in [0.29, 0.717) is 31.5 Å². The number of hydrogen-bond donors (Lipinski definition) is 3. The van der Waals surface area contributed by atoms with E-state index in [2.05, 4.69) is 20.9 Å². The van der Waals surface area contributed by atoms with Gasteiger partial charge in [-0.2, -0.15) is 13.2 Å². The number of hydrogen-bond acceptors (Lipinski definition) is 5.